The van der Waals surface area contributed by atoms with Gasteiger partial charge in [0.25, 0.3) is 0 Å². The van der Waals surface area contributed by atoms with Crippen molar-refractivity contribution in [2.45, 2.75) is 26.1 Å². The van der Waals surface area contributed by atoms with Gasteiger partial charge in [0.15, 0.2) is 0 Å². The van der Waals surface area contributed by atoms with E-state index in [1.807, 2.05) is 0 Å². The topological polar surface area (TPSA) is 58.4 Å². The van der Waals surface area contributed by atoms with Crippen molar-refractivity contribution < 1.29 is 18.0 Å². The van der Waals surface area contributed by atoms with E-state index in [2.05, 4.69) is 5.32 Å². The van der Waals surface area contributed by atoms with Gasteiger partial charge in [0.05, 0.1) is 24.5 Å². The molecular weight excluding hydrogens is 307 g/mol. The van der Waals surface area contributed by atoms with Crippen LogP contribution in [0.3, 0.4) is 0 Å². The fourth-order valence-corrected chi connectivity index (χ4v) is 1.83. The van der Waals surface area contributed by atoms with E-state index < -0.39 is 24.7 Å². The zero-order valence-corrected chi connectivity index (χ0v) is 12.4. The Morgan fingerprint density at radius 3 is 2.57 bits per heavy atom. The minimum Gasteiger partial charge on any atom is -0.397 e. The molecule has 0 aliphatic rings. The summed E-state index contributed by atoms with van der Waals surface area (Å²) in [6.07, 6.45) is -4.36. The molecule has 0 fully saturated rings. The van der Waals surface area contributed by atoms with Crippen LogP contribution < -0.4 is 11.1 Å². The number of nitrogens with two attached hydrogens (primary N) is 1. The van der Waals surface area contributed by atoms with Crippen molar-refractivity contribution in [2.24, 2.45) is 0 Å². The number of hydrogen-bond acceptors (Lipinski definition) is 3. The summed E-state index contributed by atoms with van der Waals surface area (Å²) in [6.45, 7) is 1.64. The third-order valence-corrected chi connectivity index (χ3v) is 2.98. The van der Waals surface area contributed by atoms with Crippen LogP contribution in [-0.4, -0.2) is 36.1 Å². The number of halogens is 4. The lowest BCUT2D eigenvalue weighted by molar-refractivity contribution is -0.151. The van der Waals surface area contributed by atoms with E-state index in [1.165, 1.54) is 12.1 Å². The Kier molecular flexibility index (Phi) is 5.86. The molecule has 1 aromatic carbocycles. The quantitative estimate of drug-likeness (QED) is 0.818. The Hall–Kier alpha value is -1.47. The summed E-state index contributed by atoms with van der Waals surface area (Å²) in [5, 5.41) is 2.84. The number of amides is 1. The molecule has 21 heavy (non-hydrogen) atoms. The fourth-order valence-electron chi connectivity index (χ4n) is 1.66. The minimum absolute atomic E-state index is 0.281. The number of nitrogens with zero attached hydrogens (tertiary/aromatic N) is 1. The molecule has 0 unspecified atom stereocenters. The van der Waals surface area contributed by atoms with Crippen molar-refractivity contribution in [1.82, 2.24) is 4.90 Å². The largest absolute Gasteiger partial charge is 0.401 e. The maximum absolute atomic E-state index is 12.4. The Balaban J connectivity index is 2.72. The summed E-state index contributed by atoms with van der Waals surface area (Å²) in [4.78, 5) is 12.9. The third kappa shape index (κ3) is 6.22. The van der Waals surface area contributed by atoms with Gasteiger partial charge in [-0.05, 0) is 32.0 Å². The summed E-state index contributed by atoms with van der Waals surface area (Å²) in [5.41, 5.74) is 6.24. The van der Waals surface area contributed by atoms with Crippen molar-refractivity contribution in [1.29, 1.82) is 0 Å². The van der Waals surface area contributed by atoms with E-state index in [0.717, 1.165) is 4.90 Å². The average molecular weight is 324 g/mol. The van der Waals surface area contributed by atoms with Crippen LogP contribution in [0, 0.1) is 0 Å². The Labute approximate surface area is 126 Å². The highest BCUT2D eigenvalue weighted by atomic mass is 35.5. The molecule has 0 saturated carbocycles. The molecule has 0 aliphatic heterocycles. The van der Waals surface area contributed by atoms with Crippen LogP contribution in [0.15, 0.2) is 18.2 Å². The molecule has 1 rings (SSSR count). The predicted octanol–water partition coefficient (Wildman–Crippen LogP) is 3.13. The van der Waals surface area contributed by atoms with Crippen LogP contribution in [0.5, 0.6) is 0 Å². The molecule has 0 radical (unpaired) electrons. The van der Waals surface area contributed by atoms with Crippen LogP contribution in [0.1, 0.15) is 13.8 Å². The number of anilines is 2. The van der Waals surface area contributed by atoms with Gasteiger partial charge in [0, 0.05) is 11.1 Å². The predicted molar refractivity (Wildman–Crippen MR) is 77.3 cm³/mol. The van der Waals surface area contributed by atoms with Gasteiger partial charge in [0.2, 0.25) is 5.91 Å². The second kappa shape index (κ2) is 7.00. The first-order chi connectivity index (χ1) is 9.58. The summed E-state index contributed by atoms with van der Waals surface area (Å²) in [7, 11) is 0. The van der Waals surface area contributed by atoms with Crippen molar-refractivity contribution >= 4 is 28.9 Å². The molecule has 1 amide bonds. The summed E-state index contributed by atoms with van der Waals surface area (Å²) in [6, 6.07) is 4.08. The SMILES string of the molecule is CC(C)N(CC(=O)Nc1cc(Cl)ccc1N)CC(F)(F)F. The number of nitrogen functional groups attached to an aromatic ring is 1. The Bertz CT molecular complexity index is 506. The number of nitrogens with one attached hydrogen (secondary N) is 1. The first-order valence-electron chi connectivity index (χ1n) is 6.24. The maximum atomic E-state index is 12.4. The molecule has 0 saturated heterocycles. The summed E-state index contributed by atoms with van der Waals surface area (Å²) in [5.74, 6) is -0.582. The highest BCUT2D eigenvalue weighted by molar-refractivity contribution is 6.31. The monoisotopic (exact) mass is 323 g/mol. The Morgan fingerprint density at radius 1 is 1.43 bits per heavy atom. The third-order valence-electron chi connectivity index (χ3n) is 2.75. The van der Waals surface area contributed by atoms with Crippen LogP contribution in [0.4, 0.5) is 24.5 Å². The number of carbonyl (C=O) groups is 1. The molecule has 0 atom stereocenters. The van der Waals surface area contributed by atoms with Crippen LogP contribution in [0.2, 0.25) is 5.02 Å². The fraction of sp³-hybridized carbons (Fsp3) is 0.462. The zero-order chi connectivity index (χ0) is 16.2. The second-order valence-corrected chi connectivity index (χ2v) is 5.33. The lowest BCUT2D eigenvalue weighted by atomic mass is 10.2. The molecular formula is C13H17ClF3N3O. The lowest BCUT2D eigenvalue weighted by Crippen LogP contribution is -2.43. The van der Waals surface area contributed by atoms with E-state index in [-0.39, 0.29) is 12.2 Å². The van der Waals surface area contributed by atoms with Gasteiger partial charge in [-0.2, -0.15) is 13.2 Å². The number of benzene rings is 1. The number of alkyl halides is 3. The Morgan fingerprint density at radius 2 is 2.05 bits per heavy atom. The van der Waals surface area contributed by atoms with E-state index in [1.54, 1.807) is 19.9 Å². The molecule has 0 aliphatic carbocycles. The standard InChI is InChI=1S/C13H17ClF3N3O/c1-8(2)20(7-13(15,16)17)6-12(21)19-11-5-9(14)3-4-10(11)18/h3-5,8H,6-7,18H2,1-2H3,(H,19,21). The number of rotatable bonds is 5. The van der Waals surface area contributed by atoms with Crippen molar-refractivity contribution in [3.63, 3.8) is 0 Å². The molecule has 0 heterocycles. The molecule has 0 bridgehead atoms. The van der Waals surface area contributed by atoms with Crippen LogP contribution in [-0.2, 0) is 4.79 Å². The first kappa shape index (κ1) is 17.6. The van der Waals surface area contributed by atoms with E-state index in [9.17, 15) is 18.0 Å². The number of carbonyl (C=O) groups excluding carboxylic acids is 1. The minimum atomic E-state index is -4.36. The van der Waals surface area contributed by atoms with Gasteiger partial charge in [0.1, 0.15) is 0 Å². The molecule has 0 aromatic heterocycles. The maximum Gasteiger partial charge on any atom is 0.401 e. The molecule has 118 valence electrons. The summed E-state index contributed by atoms with van der Waals surface area (Å²) < 4.78 is 37.3. The van der Waals surface area contributed by atoms with E-state index in [4.69, 9.17) is 17.3 Å². The summed E-state index contributed by atoms with van der Waals surface area (Å²) >= 11 is 5.78. The van der Waals surface area contributed by atoms with Gasteiger partial charge in [-0.25, -0.2) is 0 Å². The van der Waals surface area contributed by atoms with Crippen LogP contribution in [0.25, 0.3) is 0 Å². The van der Waals surface area contributed by atoms with E-state index in [0.29, 0.717) is 10.7 Å². The second-order valence-electron chi connectivity index (χ2n) is 4.89. The highest BCUT2D eigenvalue weighted by Gasteiger charge is 2.32. The normalized spacial score (nSPS) is 12.0. The van der Waals surface area contributed by atoms with Gasteiger partial charge in [-0.3, -0.25) is 9.69 Å². The zero-order valence-electron chi connectivity index (χ0n) is 11.7. The van der Waals surface area contributed by atoms with Crippen molar-refractivity contribution in [2.75, 3.05) is 24.1 Å². The first-order valence-corrected chi connectivity index (χ1v) is 6.62. The molecule has 0 spiro atoms. The number of hydrogen-bond donors (Lipinski definition) is 2. The van der Waals surface area contributed by atoms with Crippen LogP contribution >= 0.6 is 11.6 Å². The average Bonchev–Trinajstić information content (AvgIpc) is 2.31. The van der Waals surface area contributed by atoms with E-state index >= 15 is 0 Å². The van der Waals surface area contributed by atoms with Gasteiger partial charge in [-0.15, -0.1) is 0 Å². The van der Waals surface area contributed by atoms with Gasteiger partial charge in [-0.1, -0.05) is 11.6 Å². The molecule has 1 aromatic rings. The smallest absolute Gasteiger partial charge is 0.397 e. The highest BCUT2D eigenvalue weighted by Crippen LogP contribution is 2.23. The van der Waals surface area contributed by atoms with Gasteiger partial charge >= 0.3 is 6.18 Å². The van der Waals surface area contributed by atoms with Crippen molar-refractivity contribution in [3.8, 4) is 0 Å². The molecule has 4 nitrogen and oxygen atoms in total. The van der Waals surface area contributed by atoms with Gasteiger partial charge < -0.3 is 11.1 Å². The lowest BCUT2D eigenvalue weighted by Gasteiger charge is -2.26. The molecule has 8 heteroatoms. The van der Waals surface area contributed by atoms with Crippen molar-refractivity contribution in [3.05, 3.63) is 23.2 Å². The molecule has 3 N–H and O–H groups in total.